The predicted molar refractivity (Wildman–Crippen MR) is 7.79 cm³/mol. The minimum atomic E-state index is -2.17. The minimum absolute atomic E-state index is 0. The van der Waals surface area contributed by atoms with E-state index in [-0.39, 0.29) is 7.43 Å². The third kappa shape index (κ3) is 52.4. The SMILES string of the molecule is [CH3-].[O]=[Re]=[O]. The van der Waals surface area contributed by atoms with Gasteiger partial charge in [0.1, 0.15) is 0 Å². The Bertz CT molecular complexity index is 27.0. The number of rotatable bonds is 0. The summed E-state index contributed by atoms with van der Waals surface area (Å²) in [4.78, 5) is 0. The van der Waals surface area contributed by atoms with Crippen molar-refractivity contribution in [2.45, 2.75) is 0 Å². The predicted octanol–water partition coefficient (Wildman–Crippen LogP) is 0.210. The van der Waals surface area contributed by atoms with Crippen LogP contribution in [-0.4, -0.2) is 0 Å². The van der Waals surface area contributed by atoms with Crippen LogP contribution in [-0.2, 0) is 24.8 Å². The Labute approximate surface area is 32.9 Å². The van der Waals surface area contributed by atoms with Crippen LogP contribution >= 0.6 is 0 Å². The van der Waals surface area contributed by atoms with E-state index in [0.29, 0.717) is 0 Å². The molecule has 0 aliphatic rings. The van der Waals surface area contributed by atoms with Gasteiger partial charge in [-0.05, 0) is 0 Å². The molecule has 0 aliphatic carbocycles. The Morgan fingerprint density at radius 2 is 1.25 bits per heavy atom. The van der Waals surface area contributed by atoms with Crippen molar-refractivity contribution in [1.29, 1.82) is 0 Å². The van der Waals surface area contributed by atoms with E-state index in [1.54, 1.807) is 0 Å². The zero-order chi connectivity index (χ0) is 2.71. The van der Waals surface area contributed by atoms with E-state index in [0.717, 1.165) is 0 Å². The van der Waals surface area contributed by atoms with Crippen LogP contribution in [0.25, 0.3) is 0 Å². The summed E-state index contributed by atoms with van der Waals surface area (Å²) >= 11 is -2.17. The molecular weight excluding hydrogens is 230 g/mol. The molecule has 0 aromatic heterocycles. The summed E-state index contributed by atoms with van der Waals surface area (Å²) in [5.74, 6) is 0. The average molecular weight is 233 g/mol. The maximum absolute atomic E-state index is 8.53. The van der Waals surface area contributed by atoms with E-state index in [4.69, 9.17) is 6.94 Å². The van der Waals surface area contributed by atoms with Gasteiger partial charge < -0.3 is 7.43 Å². The third-order valence-corrected chi connectivity index (χ3v) is 0. The molecule has 0 fully saturated rings. The van der Waals surface area contributed by atoms with Crippen LogP contribution in [0.2, 0.25) is 0 Å². The Balaban J connectivity index is 0. The van der Waals surface area contributed by atoms with Crippen molar-refractivity contribution >= 4 is 0 Å². The summed E-state index contributed by atoms with van der Waals surface area (Å²) in [6, 6.07) is 0. The summed E-state index contributed by atoms with van der Waals surface area (Å²) in [5, 5.41) is 0. The van der Waals surface area contributed by atoms with Crippen molar-refractivity contribution in [3.05, 3.63) is 7.43 Å². The van der Waals surface area contributed by atoms with E-state index >= 15 is 0 Å². The molecule has 0 aromatic carbocycles. The van der Waals surface area contributed by atoms with Crippen LogP contribution in [0.5, 0.6) is 0 Å². The molecule has 0 heterocycles. The summed E-state index contributed by atoms with van der Waals surface area (Å²) in [7, 11) is 0. The van der Waals surface area contributed by atoms with Gasteiger partial charge in [0, 0.05) is 0 Å². The molecule has 0 amide bonds. The summed E-state index contributed by atoms with van der Waals surface area (Å²) < 4.78 is 17.1. The van der Waals surface area contributed by atoms with Crippen molar-refractivity contribution in [3.63, 3.8) is 0 Å². The standard InChI is InChI=1S/CH3.2O.Re/h1H3;;;/q-1;;;. The molecular formula is CH3O2Re-. The fraction of sp³-hybridized carbons (Fsp3) is 0. The van der Waals surface area contributed by atoms with Crippen molar-refractivity contribution in [1.82, 2.24) is 0 Å². The molecule has 0 atom stereocenters. The number of hydrogen-bond donors (Lipinski definition) is 0. The third-order valence-electron chi connectivity index (χ3n) is 0. The first kappa shape index (κ1) is 8.86. The zero-order valence-corrected chi connectivity index (χ0v) is 4.91. The maximum atomic E-state index is 8.53. The van der Waals surface area contributed by atoms with Crippen LogP contribution in [0.1, 0.15) is 0 Å². The van der Waals surface area contributed by atoms with E-state index in [9.17, 15) is 0 Å². The molecule has 0 spiro atoms. The monoisotopic (exact) mass is 234 g/mol. The van der Waals surface area contributed by atoms with Gasteiger partial charge >= 0.3 is 24.8 Å². The first-order valence-corrected chi connectivity index (χ1v) is 2.53. The Morgan fingerprint density at radius 3 is 1.25 bits per heavy atom. The molecule has 27 valence electrons. The second-order valence-corrected chi connectivity index (χ2v) is 0.516. The Kier molecular flexibility index (Phi) is 23.2. The van der Waals surface area contributed by atoms with Crippen molar-refractivity contribution < 1.29 is 24.8 Å². The summed E-state index contributed by atoms with van der Waals surface area (Å²) in [5.41, 5.74) is 0. The second-order valence-electron chi connectivity index (χ2n) is 0.0630. The molecule has 4 heavy (non-hydrogen) atoms. The van der Waals surface area contributed by atoms with Crippen molar-refractivity contribution in [2.24, 2.45) is 0 Å². The molecule has 0 radical (unpaired) electrons. The molecule has 0 unspecified atom stereocenters. The molecule has 0 N–H and O–H groups in total. The van der Waals surface area contributed by atoms with Gasteiger partial charge in [-0.1, -0.05) is 0 Å². The van der Waals surface area contributed by atoms with E-state index < -0.39 is 17.9 Å². The normalized spacial score (nSPS) is 3.00. The fourth-order valence-electron chi connectivity index (χ4n) is 0. The van der Waals surface area contributed by atoms with Gasteiger partial charge in [-0.25, -0.2) is 0 Å². The Hall–Kier alpha value is 0.262. The summed E-state index contributed by atoms with van der Waals surface area (Å²) in [6.45, 7) is 0. The van der Waals surface area contributed by atoms with Crippen LogP contribution in [0.4, 0.5) is 0 Å². The van der Waals surface area contributed by atoms with Crippen LogP contribution in [0.15, 0.2) is 0 Å². The topological polar surface area (TPSA) is 34.1 Å². The zero-order valence-electron chi connectivity index (χ0n) is 2.19. The van der Waals surface area contributed by atoms with E-state index in [1.165, 1.54) is 0 Å². The van der Waals surface area contributed by atoms with Gasteiger partial charge in [-0.3, -0.25) is 0 Å². The number of hydrogen-bond acceptors (Lipinski definition) is 2. The van der Waals surface area contributed by atoms with Crippen LogP contribution in [0.3, 0.4) is 0 Å². The molecule has 0 aromatic rings. The molecule has 0 saturated carbocycles. The van der Waals surface area contributed by atoms with Crippen molar-refractivity contribution in [3.8, 4) is 0 Å². The van der Waals surface area contributed by atoms with Gasteiger partial charge in [0.05, 0.1) is 0 Å². The average Bonchev–Trinajstić information content (AvgIpc) is 0.918. The molecule has 2 nitrogen and oxygen atoms in total. The quantitative estimate of drug-likeness (QED) is 0.560. The fourth-order valence-corrected chi connectivity index (χ4v) is 0. The second kappa shape index (κ2) is 10.5. The van der Waals surface area contributed by atoms with E-state index in [1.807, 2.05) is 0 Å². The van der Waals surface area contributed by atoms with Gasteiger partial charge in [0.15, 0.2) is 0 Å². The van der Waals surface area contributed by atoms with Gasteiger partial charge in [-0.15, -0.1) is 0 Å². The molecule has 3 heteroatoms. The summed E-state index contributed by atoms with van der Waals surface area (Å²) in [6.07, 6.45) is 0. The van der Waals surface area contributed by atoms with E-state index in [2.05, 4.69) is 0 Å². The van der Waals surface area contributed by atoms with Gasteiger partial charge in [0.25, 0.3) is 0 Å². The molecule has 0 bridgehead atoms. The van der Waals surface area contributed by atoms with Crippen LogP contribution in [0, 0.1) is 7.43 Å². The van der Waals surface area contributed by atoms with Crippen LogP contribution < -0.4 is 0 Å². The Morgan fingerprint density at radius 1 is 1.25 bits per heavy atom. The van der Waals surface area contributed by atoms with Crippen molar-refractivity contribution in [2.75, 3.05) is 0 Å². The molecule has 0 saturated heterocycles. The first-order valence-electron chi connectivity index (χ1n) is 0.309. The first-order chi connectivity index (χ1) is 1.41. The molecule has 0 aliphatic heterocycles. The van der Waals surface area contributed by atoms with Gasteiger partial charge in [0.2, 0.25) is 0 Å². The van der Waals surface area contributed by atoms with Gasteiger partial charge in [-0.2, -0.15) is 0 Å². The molecule has 0 rings (SSSR count).